The molecule has 0 aromatic carbocycles. The third-order valence-electron chi connectivity index (χ3n) is 2.50. The molecule has 0 aliphatic carbocycles. The summed E-state index contributed by atoms with van der Waals surface area (Å²) < 4.78 is 10.8. The van der Waals surface area contributed by atoms with Gasteiger partial charge in [-0.05, 0) is 11.8 Å². The molecule has 100 valence electrons. The third kappa shape index (κ3) is 2.44. The number of rotatable bonds is 4. The summed E-state index contributed by atoms with van der Waals surface area (Å²) in [6, 6.07) is 1.26. The molecule has 2 aromatic heterocycles. The highest BCUT2D eigenvalue weighted by atomic mass is 16.6. The monoisotopic (exact) mass is 266 g/mol. The number of nitrogens with zero attached hydrogens (tertiary/aromatic N) is 4. The summed E-state index contributed by atoms with van der Waals surface area (Å²) in [7, 11) is 1.23. The Balaban J connectivity index is 2.29. The average Bonchev–Trinajstić information content (AvgIpc) is 2.98. The summed E-state index contributed by atoms with van der Waals surface area (Å²) in [6.07, 6.45) is 1.44. The topological polar surface area (TPSA) is 113 Å². The van der Waals surface area contributed by atoms with E-state index >= 15 is 0 Å². The molecule has 0 saturated heterocycles. The zero-order valence-electron chi connectivity index (χ0n) is 10.2. The first-order chi connectivity index (χ1) is 9.02. The van der Waals surface area contributed by atoms with Gasteiger partial charge in [0.15, 0.2) is 5.69 Å². The molecule has 0 aliphatic rings. The zero-order valence-corrected chi connectivity index (χ0v) is 10.2. The van der Waals surface area contributed by atoms with E-state index in [-0.39, 0.29) is 18.1 Å². The van der Waals surface area contributed by atoms with E-state index in [0.29, 0.717) is 11.3 Å². The summed E-state index contributed by atoms with van der Waals surface area (Å²) >= 11 is 0. The summed E-state index contributed by atoms with van der Waals surface area (Å²) in [6.45, 7) is 1.76. The van der Waals surface area contributed by atoms with Crippen LogP contribution in [0.3, 0.4) is 0 Å². The minimum Gasteiger partial charge on any atom is -0.464 e. The van der Waals surface area contributed by atoms with E-state index in [0.717, 1.165) is 0 Å². The summed E-state index contributed by atoms with van der Waals surface area (Å²) in [5, 5.41) is 17.9. The molecule has 0 unspecified atom stereocenters. The van der Waals surface area contributed by atoms with E-state index in [1.54, 1.807) is 6.92 Å². The number of carbonyl (C=O) groups excluding carboxylic acids is 1. The van der Waals surface area contributed by atoms with Gasteiger partial charge in [0, 0.05) is 0 Å². The Morgan fingerprint density at radius 3 is 2.95 bits per heavy atom. The van der Waals surface area contributed by atoms with Gasteiger partial charge in [-0.25, -0.2) is 4.79 Å². The number of carbonyl (C=O) groups is 1. The average molecular weight is 266 g/mol. The van der Waals surface area contributed by atoms with Gasteiger partial charge in [-0.2, -0.15) is 4.68 Å². The summed E-state index contributed by atoms with van der Waals surface area (Å²) in [5.74, 6) is -0.471. The number of aryl methyl sites for hydroxylation is 1. The standard InChI is InChI=1S/C10H10N4O5/c1-6-7(9(12-19-6)10(15)18-2)5-13-4-3-8(11-13)14(16)17/h3-4H,5H2,1-2H3. The van der Waals surface area contributed by atoms with Crippen LogP contribution < -0.4 is 0 Å². The van der Waals surface area contributed by atoms with Crippen molar-refractivity contribution in [2.75, 3.05) is 7.11 Å². The second-order valence-corrected chi connectivity index (χ2v) is 3.69. The number of esters is 1. The lowest BCUT2D eigenvalue weighted by Crippen LogP contribution is -2.09. The van der Waals surface area contributed by atoms with Crippen molar-refractivity contribution in [1.82, 2.24) is 14.9 Å². The highest BCUT2D eigenvalue weighted by Gasteiger charge is 2.22. The van der Waals surface area contributed by atoms with Crippen LogP contribution in [-0.4, -0.2) is 32.9 Å². The normalized spacial score (nSPS) is 10.4. The fraction of sp³-hybridized carbons (Fsp3) is 0.300. The van der Waals surface area contributed by atoms with Crippen molar-refractivity contribution in [3.05, 3.63) is 39.4 Å². The Bertz CT molecular complexity index is 630. The zero-order chi connectivity index (χ0) is 14.0. The molecule has 0 spiro atoms. The van der Waals surface area contributed by atoms with Gasteiger partial charge < -0.3 is 19.4 Å². The second-order valence-electron chi connectivity index (χ2n) is 3.69. The predicted molar refractivity (Wildman–Crippen MR) is 60.6 cm³/mol. The quantitative estimate of drug-likeness (QED) is 0.459. The van der Waals surface area contributed by atoms with Crippen molar-refractivity contribution < 1.29 is 19.0 Å². The number of aromatic nitrogens is 3. The van der Waals surface area contributed by atoms with Gasteiger partial charge in [0.25, 0.3) is 0 Å². The molecule has 2 aromatic rings. The van der Waals surface area contributed by atoms with Gasteiger partial charge in [-0.15, -0.1) is 0 Å². The maximum atomic E-state index is 11.5. The fourth-order valence-electron chi connectivity index (χ4n) is 1.53. The number of methoxy groups -OCH3 is 1. The number of ether oxygens (including phenoxy) is 1. The van der Waals surface area contributed by atoms with E-state index in [2.05, 4.69) is 15.0 Å². The van der Waals surface area contributed by atoms with Crippen LogP contribution in [0.2, 0.25) is 0 Å². The lowest BCUT2D eigenvalue weighted by Gasteiger charge is -1.98. The van der Waals surface area contributed by atoms with Crippen LogP contribution in [0.5, 0.6) is 0 Å². The Labute approximate surface area is 106 Å². The molecule has 0 N–H and O–H groups in total. The molecule has 0 saturated carbocycles. The van der Waals surface area contributed by atoms with Crippen molar-refractivity contribution >= 4 is 11.8 Å². The van der Waals surface area contributed by atoms with E-state index in [1.165, 1.54) is 24.1 Å². The van der Waals surface area contributed by atoms with Crippen molar-refractivity contribution in [3.8, 4) is 0 Å². The first-order valence-corrected chi connectivity index (χ1v) is 5.24. The molecule has 0 fully saturated rings. The third-order valence-corrected chi connectivity index (χ3v) is 2.50. The molecular formula is C10H10N4O5. The molecule has 0 bridgehead atoms. The molecule has 0 amide bonds. The SMILES string of the molecule is COC(=O)c1noc(C)c1Cn1ccc([N+](=O)[O-])n1. The minimum atomic E-state index is -0.631. The molecule has 0 atom stereocenters. The molecule has 2 heterocycles. The molecular weight excluding hydrogens is 256 g/mol. The lowest BCUT2D eigenvalue weighted by atomic mass is 10.2. The number of hydrogen-bond acceptors (Lipinski definition) is 7. The Kier molecular flexibility index (Phi) is 3.27. The molecule has 2 rings (SSSR count). The van der Waals surface area contributed by atoms with Crippen molar-refractivity contribution in [2.24, 2.45) is 0 Å². The van der Waals surface area contributed by atoms with E-state index in [9.17, 15) is 14.9 Å². The Morgan fingerprint density at radius 2 is 2.37 bits per heavy atom. The molecule has 9 nitrogen and oxygen atoms in total. The Morgan fingerprint density at radius 1 is 1.63 bits per heavy atom. The van der Waals surface area contributed by atoms with Crippen LogP contribution in [0.4, 0.5) is 5.82 Å². The summed E-state index contributed by atoms with van der Waals surface area (Å²) in [5.41, 5.74) is 0.517. The Hall–Kier alpha value is -2.71. The molecule has 0 aliphatic heterocycles. The fourth-order valence-corrected chi connectivity index (χ4v) is 1.53. The van der Waals surface area contributed by atoms with Crippen LogP contribution in [0, 0.1) is 17.0 Å². The van der Waals surface area contributed by atoms with Gasteiger partial charge in [-0.3, -0.25) is 0 Å². The highest BCUT2D eigenvalue weighted by Crippen LogP contribution is 2.16. The van der Waals surface area contributed by atoms with Gasteiger partial charge in [0.1, 0.15) is 5.76 Å². The van der Waals surface area contributed by atoms with Crippen LogP contribution in [-0.2, 0) is 11.3 Å². The predicted octanol–water partition coefficient (Wildman–Crippen LogP) is 0.923. The molecule has 19 heavy (non-hydrogen) atoms. The summed E-state index contributed by atoms with van der Waals surface area (Å²) in [4.78, 5) is 21.4. The number of nitro groups is 1. The lowest BCUT2D eigenvalue weighted by molar-refractivity contribution is -0.389. The first kappa shape index (κ1) is 12.7. The van der Waals surface area contributed by atoms with Crippen LogP contribution in [0.15, 0.2) is 16.8 Å². The van der Waals surface area contributed by atoms with E-state index < -0.39 is 10.9 Å². The van der Waals surface area contributed by atoms with Gasteiger partial charge >= 0.3 is 11.8 Å². The molecule has 0 radical (unpaired) electrons. The van der Waals surface area contributed by atoms with Gasteiger partial charge in [0.05, 0.1) is 36.6 Å². The first-order valence-electron chi connectivity index (χ1n) is 5.24. The maximum Gasteiger partial charge on any atom is 0.389 e. The smallest absolute Gasteiger partial charge is 0.389 e. The second kappa shape index (κ2) is 4.88. The van der Waals surface area contributed by atoms with E-state index in [1.807, 2.05) is 0 Å². The van der Waals surface area contributed by atoms with Crippen LogP contribution in [0.25, 0.3) is 0 Å². The van der Waals surface area contributed by atoms with Gasteiger partial charge in [0.2, 0.25) is 0 Å². The molecule has 9 heteroatoms. The van der Waals surface area contributed by atoms with Crippen LogP contribution >= 0.6 is 0 Å². The van der Waals surface area contributed by atoms with Gasteiger partial charge in [-0.1, -0.05) is 5.16 Å². The van der Waals surface area contributed by atoms with Crippen molar-refractivity contribution in [3.63, 3.8) is 0 Å². The highest BCUT2D eigenvalue weighted by molar-refractivity contribution is 5.88. The van der Waals surface area contributed by atoms with Crippen LogP contribution in [0.1, 0.15) is 21.8 Å². The maximum absolute atomic E-state index is 11.5. The van der Waals surface area contributed by atoms with E-state index in [4.69, 9.17) is 4.52 Å². The van der Waals surface area contributed by atoms with Crippen molar-refractivity contribution in [1.29, 1.82) is 0 Å². The minimum absolute atomic E-state index is 0.0400. The van der Waals surface area contributed by atoms with Crippen molar-refractivity contribution in [2.45, 2.75) is 13.5 Å². The number of hydrogen-bond donors (Lipinski definition) is 0. The largest absolute Gasteiger partial charge is 0.464 e.